The average Bonchev–Trinajstić information content (AvgIpc) is 2.68. The Bertz CT molecular complexity index is 371. The number of hydrogen-bond donors (Lipinski definition) is 2. The first-order chi connectivity index (χ1) is 13.8. The van der Waals surface area contributed by atoms with Crippen molar-refractivity contribution < 1.29 is 23.7 Å². The lowest BCUT2D eigenvalue weighted by Crippen LogP contribution is -2.62. The Morgan fingerprint density at radius 2 is 1.38 bits per heavy atom. The predicted molar refractivity (Wildman–Crippen MR) is 118 cm³/mol. The van der Waals surface area contributed by atoms with Crippen LogP contribution in [0.1, 0.15) is 74.1 Å². The number of nitrogens with one attached hydrogen (secondary N) is 1. The van der Waals surface area contributed by atoms with Crippen molar-refractivity contribution in [3.05, 3.63) is 0 Å². The molecule has 5 atom stereocenters. The van der Waals surface area contributed by atoms with Crippen LogP contribution in [-0.2, 0) is 23.7 Å². The Kier molecular flexibility index (Phi) is 17.2. The molecule has 0 radical (unpaired) electrons. The highest BCUT2D eigenvalue weighted by Crippen LogP contribution is 2.15. The Balaban J connectivity index is 4.63. The summed E-state index contributed by atoms with van der Waals surface area (Å²) in [4.78, 5) is 0. The fraction of sp³-hybridized carbons (Fsp3) is 1.00. The lowest BCUT2D eigenvalue weighted by atomic mass is 10.2. The van der Waals surface area contributed by atoms with E-state index in [9.17, 15) is 0 Å². The molecule has 0 fully saturated rings. The Labute approximate surface area is 179 Å². The summed E-state index contributed by atoms with van der Waals surface area (Å²) in [6, 6.07) is 0. The zero-order valence-electron chi connectivity index (χ0n) is 20.0. The van der Waals surface area contributed by atoms with Crippen LogP contribution in [0.25, 0.3) is 0 Å². The highest BCUT2D eigenvalue weighted by atomic mass is 16.7. The average molecular weight is 421 g/mol. The molecule has 0 aromatic heterocycles. The summed E-state index contributed by atoms with van der Waals surface area (Å²) in [6.45, 7) is 18.0. The molecular weight excluding hydrogens is 372 g/mol. The van der Waals surface area contributed by atoms with Crippen molar-refractivity contribution in [1.82, 2.24) is 5.32 Å². The second-order valence-electron chi connectivity index (χ2n) is 8.08. The number of ether oxygens (including phenoxy) is 5. The molecule has 3 N–H and O–H groups in total. The van der Waals surface area contributed by atoms with Crippen LogP contribution in [0, 0.1) is 0 Å². The van der Waals surface area contributed by atoms with Gasteiger partial charge in [0, 0.05) is 13.2 Å². The molecule has 0 aliphatic heterocycles. The maximum Gasteiger partial charge on any atom is 0.189 e. The third-order valence-corrected chi connectivity index (χ3v) is 4.27. The second-order valence-corrected chi connectivity index (χ2v) is 8.08. The fourth-order valence-electron chi connectivity index (χ4n) is 2.53. The van der Waals surface area contributed by atoms with E-state index in [2.05, 4.69) is 26.1 Å². The number of unbranched alkanes of at least 4 members (excludes halogenated alkanes) is 1. The molecule has 29 heavy (non-hydrogen) atoms. The summed E-state index contributed by atoms with van der Waals surface area (Å²) >= 11 is 0. The van der Waals surface area contributed by atoms with E-state index < -0.39 is 12.0 Å². The highest BCUT2D eigenvalue weighted by Gasteiger charge is 2.34. The lowest BCUT2D eigenvalue weighted by Gasteiger charge is -2.37. The molecular formula is C22H48N2O5. The normalized spacial score (nSPS) is 18.2. The van der Waals surface area contributed by atoms with E-state index in [0.29, 0.717) is 19.8 Å². The zero-order valence-corrected chi connectivity index (χ0v) is 20.0. The van der Waals surface area contributed by atoms with E-state index in [-0.39, 0.29) is 18.3 Å². The Hall–Kier alpha value is -0.280. The topological polar surface area (TPSA) is 84.2 Å². The minimum atomic E-state index is -0.822. The molecule has 0 saturated carbocycles. The maximum atomic E-state index is 6.49. The van der Waals surface area contributed by atoms with Crippen LogP contribution in [0.5, 0.6) is 0 Å². The van der Waals surface area contributed by atoms with Gasteiger partial charge in [-0.3, -0.25) is 5.32 Å². The minimum Gasteiger partial charge on any atom is -0.379 e. The highest BCUT2D eigenvalue weighted by molar-refractivity contribution is 4.81. The van der Waals surface area contributed by atoms with Gasteiger partial charge < -0.3 is 29.4 Å². The molecule has 0 amide bonds. The Morgan fingerprint density at radius 1 is 0.793 bits per heavy atom. The van der Waals surface area contributed by atoms with Gasteiger partial charge in [0.15, 0.2) is 6.29 Å². The van der Waals surface area contributed by atoms with Gasteiger partial charge in [0.25, 0.3) is 0 Å². The van der Waals surface area contributed by atoms with Crippen LogP contribution in [0.4, 0.5) is 0 Å². The lowest BCUT2D eigenvalue weighted by molar-refractivity contribution is -0.237. The van der Waals surface area contributed by atoms with Crippen molar-refractivity contribution in [3.8, 4) is 0 Å². The molecule has 7 heteroatoms. The SMILES string of the molecule is CCCCOCC(C)OC(OC(C)COC(C)COCCC)C(C)(N)NCCC. The molecule has 0 heterocycles. The molecule has 176 valence electrons. The number of hydrogen-bond acceptors (Lipinski definition) is 7. The van der Waals surface area contributed by atoms with Gasteiger partial charge in [0.2, 0.25) is 0 Å². The summed E-state index contributed by atoms with van der Waals surface area (Å²) in [7, 11) is 0. The van der Waals surface area contributed by atoms with Crippen LogP contribution < -0.4 is 11.1 Å². The molecule has 0 aliphatic rings. The first-order valence-electron chi connectivity index (χ1n) is 11.4. The van der Waals surface area contributed by atoms with Gasteiger partial charge in [-0.2, -0.15) is 0 Å². The first-order valence-corrected chi connectivity index (χ1v) is 11.4. The van der Waals surface area contributed by atoms with E-state index >= 15 is 0 Å². The van der Waals surface area contributed by atoms with Gasteiger partial charge in [0.1, 0.15) is 5.66 Å². The summed E-state index contributed by atoms with van der Waals surface area (Å²) in [6.07, 6.45) is 3.24. The molecule has 0 spiro atoms. The predicted octanol–water partition coefficient (Wildman–Crippen LogP) is 3.45. The summed E-state index contributed by atoms with van der Waals surface area (Å²) in [5.74, 6) is 0. The van der Waals surface area contributed by atoms with Gasteiger partial charge in [0.05, 0.1) is 38.1 Å². The maximum absolute atomic E-state index is 6.49. The smallest absolute Gasteiger partial charge is 0.189 e. The third kappa shape index (κ3) is 15.2. The van der Waals surface area contributed by atoms with Gasteiger partial charge in [-0.05, 0) is 53.5 Å². The van der Waals surface area contributed by atoms with Gasteiger partial charge >= 0.3 is 0 Å². The van der Waals surface area contributed by atoms with Crippen molar-refractivity contribution in [2.24, 2.45) is 5.73 Å². The van der Waals surface area contributed by atoms with Gasteiger partial charge in [-0.25, -0.2) is 0 Å². The van der Waals surface area contributed by atoms with E-state index in [0.717, 1.165) is 45.4 Å². The zero-order chi connectivity index (χ0) is 22.1. The van der Waals surface area contributed by atoms with Crippen molar-refractivity contribution in [1.29, 1.82) is 0 Å². The largest absolute Gasteiger partial charge is 0.379 e. The Morgan fingerprint density at radius 3 is 1.97 bits per heavy atom. The third-order valence-electron chi connectivity index (χ3n) is 4.27. The molecule has 0 aromatic rings. The van der Waals surface area contributed by atoms with Crippen LogP contribution >= 0.6 is 0 Å². The number of rotatable bonds is 20. The van der Waals surface area contributed by atoms with Crippen LogP contribution in [0.15, 0.2) is 0 Å². The fourth-order valence-corrected chi connectivity index (χ4v) is 2.53. The molecule has 0 saturated heterocycles. The number of nitrogens with two attached hydrogens (primary N) is 1. The summed E-state index contributed by atoms with van der Waals surface area (Å²) in [5, 5.41) is 3.32. The minimum absolute atomic E-state index is 0.0142. The molecule has 0 aliphatic carbocycles. The quantitative estimate of drug-likeness (QED) is 0.230. The molecule has 5 unspecified atom stereocenters. The van der Waals surface area contributed by atoms with Gasteiger partial charge in [-0.1, -0.05) is 27.2 Å². The van der Waals surface area contributed by atoms with Crippen molar-refractivity contribution in [2.75, 3.05) is 39.6 Å². The standard InChI is InChI=1S/C22H48N2O5/c1-8-11-14-26-16-19(5)28-21(22(7,23)24-12-9-2)29-20(6)17-27-18(4)15-25-13-10-3/h18-21,24H,8-17,23H2,1-7H3. The monoisotopic (exact) mass is 420 g/mol. The molecule has 0 bridgehead atoms. The second kappa shape index (κ2) is 17.4. The van der Waals surface area contributed by atoms with E-state index in [4.69, 9.17) is 29.4 Å². The van der Waals surface area contributed by atoms with E-state index in [1.54, 1.807) is 0 Å². The van der Waals surface area contributed by atoms with E-state index in [1.807, 2.05) is 27.7 Å². The van der Waals surface area contributed by atoms with Crippen molar-refractivity contribution >= 4 is 0 Å². The molecule has 0 rings (SSSR count). The van der Waals surface area contributed by atoms with E-state index in [1.165, 1.54) is 0 Å². The van der Waals surface area contributed by atoms with Crippen molar-refractivity contribution in [3.63, 3.8) is 0 Å². The van der Waals surface area contributed by atoms with Crippen LogP contribution in [-0.4, -0.2) is 69.8 Å². The van der Waals surface area contributed by atoms with Crippen LogP contribution in [0.2, 0.25) is 0 Å². The van der Waals surface area contributed by atoms with Gasteiger partial charge in [-0.15, -0.1) is 0 Å². The van der Waals surface area contributed by atoms with Crippen molar-refractivity contribution in [2.45, 2.75) is 104 Å². The summed E-state index contributed by atoms with van der Waals surface area (Å²) < 4.78 is 29.4. The first kappa shape index (κ1) is 28.7. The molecule has 7 nitrogen and oxygen atoms in total. The van der Waals surface area contributed by atoms with Crippen LogP contribution in [0.3, 0.4) is 0 Å². The summed E-state index contributed by atoms with van der Waals surface area (Å²) in [5.41, 5.74) is 5.67. The molecule has 0 aromatic carbocycles.